The van der Waals surface area contributed by atoms with E-state index in [9.17, 15) is 0 Å². The molecular formula is C9H6I2OS. The molecule has 0 aliphatic heterocycles. The fourth-order valence-corrected chi connectivity index (χ4v) is 3.65. The highest BCUT2D eigenvalue weighted by atomic mass is 127. The number of hydrogen-bond donors (Lipinski definition) is 1. The van der Waals surface area contributed by atoms with Crippen LogP contribution in [0.1, 0.15) is 5.56 Å². The first kappa shape index (κ1) is 10.1. The molecule has 0 atom stereocenters. The lowest BCUT2D eigenvalue weighted by Crippen LogP contribution is -1.85. The van der Waals surface area contributed by atoms with E-state index in [1.54, 1.807) is 11.3 Å². The average molecular weight is 416 g/mol. The number of thiophene rings is 1. The van der Waals surface area contributed by atoms with Gasteiger partial charge in [-0.2, -0.15) is 0 Å². The van der Waals surface area contributed by atoms with E-state index in [1.807, 2.05) is 5.38 Å². The Kier molecular flexibility index (Phi) is 3.11. The zero-order valence-electron chi connectivity index (χ0n) is 6.55. The smallest absolute Gasteiger partial charge is 0.0696 e. The number of benzene rings is 1. The Morgan fingerprint density at radius 1 is 1.31 bits per heavy atom. The summed E-state index contributed by atoms with van der Waals surface area (Å²) in [7, 11) is 0. The molecule has 0 bridgehead atoms. The van der Waals surface area contributed by atoms with Gasteiger partial charge in [-0.3, -0.25) is 0 Å². The van der Waals surface area contributed by atoms with E-state index in [0.29, 0.717) is 0 Å². The zero-order chi connectivity index (χ0) is 9.42. The molecule has 13 heavy (non-hydrogen) atoms. The van der Waals surface area contributed by atoms with E-state index in [-0.39, 0.29) is 6.61 Å². The first-order valence-electron chi connectivity index (χ1n) is 3.69. The molecule has 0 unspecified atom stereocenters. The van der Waals surface area contributed by atoms with Crippen molar-refractivity contribution in [1.29, 1.82) is 0 Å². The predicted molar refractivity (Wildman–Crippen MR) is 73.2 cm³/mol. The van der Waals surface area contributed by atoms with Gasteiger partial charge in [0, 0.05) is 17.2 Å². The minimum atomic E-state index is 0.135. The van der Waals surface area contributed by atoms with Crippen molar-refractivity contribution in [1.82, 2.24) is 0 Å². The van der Waals surface area contributed by atoms with Crippen LogP contribution >= 0.6 is 56.5 Å². The molecule has 0 saturated carbocycles. The van der Waals surface area contributed by atoms with Crippen LogP contribution in [0.4, 0.5) is 0 Å². The third kappa shape index (κ3) is 1.73. The molecule has 4 heteroatoms. The average Bonchev–Trinajstić information content (AvgIpc) is 2.55. The van der Waals surface area contributed by atoms with Gasteiger partial charge in [-0.1, -0.05) is 0 Å². The molecule has 1 heterocycles. The molecule has 2 aromatic rings. The van der Waals surface area contributed by atoms with Crippen LogP contribution < -0.4 is 0 Å². The highest BCUT2D eigenvalue weighted by Gasteiger charge is 2.08. The monoisotopic (exact) mass is 416 g/mol. The Balaban J connectivity index is 2.85. The van der Waals surface area contributed by atoms with Crippen molar-refractivity contribution in [3.63, 3.8) is 0 Å². The summed E-state index contributed by atoms with van der Waals surface area (Å²) in [6.45, 7) is 0.135. The predicted octanol–water partition coefficient (Wildman–Crippen LogP) is 3.60. The van der Waals surface area contributed by atoms with E-state index < -0.39 is 0 Å². The quantitative estimate of drug-likeness (QED) is 0.705. The third-order valence-corrected chi connectivity index (χ3v) is 5.92. The normalized spacial score (nSPS) is 11.0. The summed E-state index contributed by atoms with van der Waals surface area (Å²) < 4.78 is 3.76. The van der Waals surface area contributed by atoms with Crippen molar-refractivity contribution in [3.05, 3.63) is 30.2 Å². The second-order valence-corrected chi connectivity index (χ2v) is 5.81. The lowest BCUT2D eigenvalue weighted by Gasteiger charge is -2.00. The summed E-state index contributed by atoms with van der Waals surface area (Å²) in [6, 6.07) is 4.23. The Morgan fingerprint density at radius 2 is 2.08 bits per heavy atom. The molecule has 0 aliphatic rings. The first-order valence-corrected chi connectivity index (χ1v) is 6.72. The van der Waals surface area contributed by atoms with Gasteiger partial charge in [0.2, 0.25) is 0 Å². The van der Waals surface area contributed by atoms with Crippen molar-refractivity contribution < 1.29 is 5.11 Å². The fraction of sp³-hybridized carbons (Fsp3) is 0.111. The van der Waals surface area contributed by atoms with Crippen LogP contribution in [0.2, 0.25) is 0 Å². The molecule has 0 fully saturated rings. The molecule has 0 radical (unpaired) electrons. The van der Waals surface area contributed by atoms with E-state index in [4.69, 9.17) is 5.11 Å². The van der Waals surface area contributed by atoms with Crippen molar-refractivity contribution >= 4 is 66.6 Å². The number of hydrogen-bond acceptors (Lipinski definition) is 2. The summed E-state index contributed by atoms with van der Waals surface area (Å²) in [5.41, 5.74) is 1.04. The number of aliphatic hydroxyl groups is 1. The highest BCUT2D eigenvalue weighted by molar-refractivity contribution is 14.1. The zero-order valence-corrected chi connectivity index (χ0v) is 11.7. The van der Waals surface area contributed by atoms with Gasteiger partial charge in [0.1, 0.15) is 0 Å². The molecule has 1 nitrogen and oxygen atoms in total. The van der Waals surface area contributed by atoms with Gasteiger partial charge in [0.15, 0.2) is 0 Å². The lowest BCUT2D eigenvalue weighted by molar-refractivity contribution is 0.283. The first-order chi connectivity index (χ1) is 6.24. The van der Waals surface area contributed by atoms with Gasteiger partial charge < -0.3 is 5.11 Å². The Morgan fingerprint density at radius 3 is 2.77 bits per heavy atom. The van der Waals surface area contributed by atoms with Crippen molar-refractivity contribution in [3.8, 4) is 0 Å². The largest absolute Gasteiger partial charge is 0.392 e. The van der Waals surface area contributed by atoms with E-state index in [0.717, 1.165) is 5.56 Å². The molecule has 1 aromatic heterocycles. The standard InChI is InChI=1S/C9H6I2OS/c10-6-1-2-7-8(9(6)11)5(3-12)4-13-7/h1-2,4,12H,3H2. The summed E-state index contributed by atoms with van der Waals surface area (Å²) in [5, 5.41) is 12.4. The maximum absolute atomic E-state index is 9.14. The lowest BCUT2D eigenvalue weighted by atomic mass is 10.2. The van der Waals surface area contributed by atoms with Crippen LogP contribution in [-0.4, -0.2) is 5.11 Å². The van der Waals surface area contributed by atoms with Crippen molar-refractivity contribution in [2.75, 3.05) is 0 Å². The topological polar surface area (TPSA) is 20.2 Å². The van der Waals surface area contributed by atoms with Crippen molar-refractivity contribution in [2.24, 2.45) is 0 Å². The van der Waals surface area contributed by atoms with Crippen LogP contribution in [0, 0.1) is 7.14 Å². The summed E-state index contributed by atoms with van der Waals surface area (Å²) >= 11 is 6.35. The number of halogens is 2. The van der Waals surface area contributed by atoms with Gasteiger partial charge in [-0.15, -0.1) is 11.3 Å². The molecule has 68 valence electrons. The van der Waals surface area contributed by atoms with E-state index in [2.05, 4.69) is 57.3 Å². The van der Waals surface area contributed by atoms with Crippen LogP contribution in [0.25, 0.3) is 10.1 Å². The summed E-state index contributed by atoms with van der Waals surface area (Å²) in [6.07, 6.45) is 0. The van der Waals surface area contributed by atoms with E-state index >= 15 is 0 Å². The van der Waals surface area contributed by atoms with Gasteiger partial charge >= 0.3 is 0 Å². The number of rotatable bonds is 1. The molecule has 0 aliphatic carbocycles. The molecule has 1 aromatic carbocycles. The molecule has 0 amide bonds. The van der Waals surface area contributed by atoms with Crippen LogP contribution in [0.15, 0.2) is 17.5 Å². The summed E-state index contributed by atoms with van der Waals surface area (Å²) in [5.74, 6) is 0. The van der Waals surface area contributed by atoms with Crippen LogP contribution in [-0.2, 0) is 6.61 Å². The molecule has 1 N–H and O–H groups in total. The minimum absolute atomic E-state index is 0.135. The second kappa shape index (κ2) is 4.00. The SMILES string of the molecule is OCc1csc2ccc(I)c(I)c12. The number of aliphatic hydroxyl groups excluding tert-OH is 1. The number of fused-ring (bicyclic) bond motifs is 1. The van der Waals surface area contributed by atoms with Gasteiger partial charge in [-0.25, -0.2) is 0 Å². The van der Waals surface area contributed by atoms with Crippen LogP contribution in [0.3, 0.4) is 0 Å². The molecule has 0 saturated heterocycles. The van der Waals surface area contributed by atoms with Gasteiger partial charge in [0.05, 0.1) is 6.61 Å². The Labute approximate surface area is 107 Å². The Hall–Kier alpha value is 0.600. The highest BCUT2D eigenvalue weighted by Crippen LogP contribution is 2.32. The van der Waals surface area contributed by atoms with E-state index in [1.165, 1.54) is 17.2 Å². The maximum atomic E-state index is 9.14. The van der Waals surface area contributed by atoms with Gasteiger partial charge in [-0.05, 0) is 68.3 Å². The van der Waals surface area contributed by atoms with Gasteiger partial charge in [0.25, 0.3) is 0 Å². The fourth-order valence-electron chi connectivity index (χ4n) is 1.24. The molecular weight excluding hydrogens is 410 g/mol. The maximum Gasteiger partial charge on any atom is 0.0696 e. The minimum Gasteiger partial charge on any atom is -0.392 e. The van der Waals surface area contributed by atoms with Crippen LogP contribution in [0.5, 0.6) is 0 Å². The third-order valence-electron chi connectivity index (χ3n) is 1.88. The van der Waals surface area contributed by atoms with Crippen molar-refractivity contribution in [2.45, 2.75) is 6.61 Å². The molecule has 0 spiro atoms. The summed E-state index contributed by atoms with van der Waals surface area (Å²) in [4.78, 5) is 0. The molecule has 2 rings (SSSR count). The second-order valence-electron chi connectivity index (χ2n) is 2.65. The Bertz CT molecular complexity index is 450.